The fourth-order valence-corrected chi connectivity index (χ4v) is 6.25. The Morgan fingerprint density at radius 2 is 1.82 bits per heavy atom. The van der Waals surface area contributed by atoms with Gasteiger partial charge in [0.25, 0.3) is 5.91 Å². The van der Waals surface area contributed by atoms with Gasteiger partial charge in [0.05, 0.1) is 23.6 Å². The van der Waals surface area contributed by atoms with Gasteiger partial charge in [0.2, 0.25) is 5.78 Å². The zero-order chi connectivity index (χ0) is 28.4. The first kappa shape index (κ1) is 27.6. The Bertz CT molecular complexity index is 1290. The molecule has 3 aliphatic carbocycles. The van der Waals surface area contributed by atoms with Crippen LogP contribution in [-0.4, -0.2) is 111 Å². The first-order chi connectivity index (χ1) is 17.6. The minimum Gasteiger partial charge on any atom is -0.508 e. The number of aliphatic hydroxyl groups excluding tert-OH is 3. The molecule has 1 aromatic rings. The van der Waals surface area contributed by atoms with Gasteiger partial charge in [-0.1, -0.05) is 0 Å². The molecule has 1 saturated carbocycles. The van der Waals surface area contributed by atoms with E-state index in [-0.39, 0.29) is 23.8 Å². The van der Waals surface area contributed by atoms with Crippen LogP contribution in [0.3, 0.4) is 0 Å². The first-order valence-electron chi connectivity index (χ1n) is 12.2. The lowest BCUT2D eigenvalue weighted by atomic mass is 9.56. The highest BCUT2D eigenvalue weighted by Crippen LogP contribution is 2.53. The summed E-state index contributed by atoms with van der Waals surface area (Å²) in [5.41, 5.74) is 2.00. The van der Waals surface area contributed by atoms with E-state index in [4.69, 9.17) is 5.73 Å². The lowest BCUT2D eigenvalue weighted by Crippen LogP contribution is -2.70. The number of hydrogen-bond donors (Lipinski definition) is 7. The van der Waals surface area contributed by atoms with Crippen LogP contribution >= 0.6 is 0 Å². The Morgan fingerprint density at radius 1 is 1.18 bits per heavy atom. The molecule has 0 radical (unpaired) electrons. The molecule has 1 aromatic carbocycles. The average molecular weight is 531 g/mol. The highest BCUT2D eigenvalue weighted by Gasteiger charge is 2.67. The number of phenolic OH excluding ortho intramolecular Hbond substituents is 1. The molecule has 0 bridgehead atoms. The van der Waals surface area contributed by atoms with Gasteiger partial charge in [-0.2, -0.15) is 0 Å². The molecule has 0 aliphatic heterocycles. The summed E-state index contributed by atoms with van der Waals surface area (Å²) in [5, 5.41) is 59.4. The van der Waals surface area contributed by atoms with E-state index in [1.807, 2.05) is 25.9 Å². The molecule has 12 heteroatoms. The molecule has 1 amide bonds. The summed E-state index contributed by atoms with van der Waals surface area (Å²) >= 11 is 0. The smallest absolute Gasteiger partial charge is 0.255 e. The molecule has 3 aliphatic rings. The molecule has 38 heavy (non-hydrogen) atoms. The largest absolute Gasteiger partial charge is 0.508 e. The van der Waals surface area contributed by atoms with Crippen molar-refractivity contribution in [1.82, 2.24) is 9.80 Å². The number of fused-ring (bicyclic) bond motifs is 3. The second-order valence-electron chi connectivity index (χ2n) is 10.8. The highest BCUT2D eigenvalue weighted by molar-refractivity contribution is 6.24. The highest BCUT2D eigenvalue weighted by atomic mass is 16.4. The number of amides is 1. The van der Waals surface area contributed by atoms with Crippen LogP contribution in [0, 0.1) is 11.8 Å². The molecular weight excluding hydrogens is 496 g/mol. The van der Waals surface area contributed by atoms with Gasteiger partial charge in [-0.05, 0) is 59.2 Å². The summed E-state index contributed by atoms with van der Waals surface area (Å²) in [6.45, 7) is 2.62. The van der Waals surface area contributed by atoms with Crippen molar-refractivity contribution in [2.45, 2.75) is 37.1 Å². The van der Waals surface area contributed by atoms with Crippen LogP contribution in [0.25, 0.3) is 5.76 Å². The zero-order valence-electron chi connectivity index (χ0n) is 21.9. The summed E-state index contributed by atoms with van der Waals surface area (Å²) in [6.07, 6.45) is -1.65. The number of phenols is 1. The lowest BCUT2D eigenvalue weighted by molar-refractivity contribution is -0.168. The second kappa shape index (κ2) is 9.38. The number of nitrogens with zero attached hydrogens (tertiary/aromatic N) is 2. The van der Waals surface area contributed by atoms with Crippen molar-refractivity contribution in [2.24, 2.45) is 17.6 Å². The van der Waals surface area contributed by atoms with Crippen LogP contribution in [0.2, 0.25) is 0 Å². The van der Waals surface area contributed by atoms with E-state index in [1.54, 1.807) is 6.07 Å². The number of aliphatic hydroxyl groups is 4. The first-order valence-corrected chi connectivity index (χ1v) is 12.2. The third-order valence-corrected chi connectivity index (χ3v) is 7.73. The Labute approximate surface area is 219 Å². The van der Waals surface area contributed by atoms with E-state index in [2.05, 4.69) is 5.32 Å². The molecule has 4 rings (SSSR count). The summed E-state index contributed by atoms with van der Waals surface area (Å²) in [7, 11) is 6.76. The third-order valence-electron chi connectivity index (χ3n) is 7.73. The number of anilines is 1. The number of Topliss-reactive ketones (excluding diaryl/α,β-unsaturated/α-hetero) is 2. The maximum Gasteiger partial charge on any atom is 0.255 e. The van der Waals surface area contributed by atoms with Gasteiger partial charge in [0.1, 0.15) is 22.8 Å². The zero-order valence-corrected chi connectivity index (χ0v) is 21.9. The Kier molecular flexibility index (Phi) is 6.81. The Balaban J connectivity index is 1.94. The number of rotatable bonds is 6. The molecule has 12 nitrogen and oxygen atoms in total. The lowest BCUT2D eigenvalue weighted by Gasteiger charge is -2.52. The topological polar surface area (TPSA) is 197 Å². The van der Waals surface area contributed by atoms with Crippen LogP contribution < -0.4 is 11.1 Å². The summed E-state index contributed by atoms with van der Waals surface area (Å²) in [5.74, 6) is -8.39. The van der Waals surface area contributed by atoms with Gasteiger partial charge >= 0.3 is 0 Å². The van der Waals surface area contributed by atoms with E-state index < -0.39 is 69.7 Å². The Hall–Kier alpha value is -3.45. The van der Waals surface area contributed by atoms with E-state index in [0.717, 1.165) is 0 Å². The van der Waals surface area contributed by atoms with E-state index in [9.17, 15) is 39.9 Å². The van der Waals surface area contributed by atoms with Crippen molar-refractivity contribution in [2.75, 3.05) is 40.1 Å². The normalized spacial score (nSPS) is 29.8. The van der Waals surface area contributed by atoms with Gasteiger partial charge in [0.15, 0.2) is 11.4 Å². The monoisotopic (exact) mass is 530 g/mol. The summed E-state index contributed by atoms with van der Waals surface area (Å²) < 4.78 is 0. The third kappa shape index (κ3) is 3.87. The maximum atomic E-state index is 13.9. The van der Waals surface area contributed by atoms with Gasteiger partial charge in [-0.15, -0.1) is 0 Å². The van der Waals surface area contributed by atoms with Crippen LogP contribution in [0.5, 0.6) is 5.75 Å². The number of hydrogen-bond acceptors (Lipinski definition) is 11. The number of carbonyl (C=O) groups is 3. The molecule has 1 unspecified atom stereocenters. The van der Waals surface area contributed by atoms with Crippen molar-refractivity contribution >= 4 is 28.9 Å². The number of primary amides is 1. The van der Waals surface area contributed by atoms with Crippen molar-refractivity contribution in [1.29, 1.82) is 0 Å². The minimum atomic E-state index is -2.92. The number of ketones is 2. The fourth-order valence-electron chi connectivity index (χ4n) is 6.25. The quantitative estimate of drug-likeness (QED) is 0.181. The van der Waals surface area contributed by atoms with E-state index >= 15 is 0 Å². The summed E-state index contributed by atoms with van der Waals surface area (Å²) in [6, 6.07) is 1.56. The molecule has 0 spiro atoms. The molecule has 1 fully saturated rings. The number of aromatic hydroxyl groups is 1. The van der Waals surface area contributed by atoms with E-state index in [1.165, 1.54) is 25.1 Å². The average Bonchev–Trinajstić information content (AvgIpc) is 2.80. The minimum absolute atomic E-state index is 0.0267. The summed E-state index contributed by atoms with van der Waals surface area (Å²) in [4.78, 5) is 42.4. The molecule has 0 heterocycles. The molecule has 0 saturated heterocycles. The van der Waals surface area contributed by atoms with E-state index in [0.29, 0.717) is 17.8 Å². The second-order valence-corrected chi connectivity index (χ2v) is 10.8. The molecule has 6 atom stereocenters. The predicted octanol–water partition coefficient (Wildman–Crippen LogP) is -0.703. The van der Waals surface area contributed by atoms with Crippen LogP contribution in [0.1, 0.15) is 18.1 Å². The number of benzene rings is 1. The molecular formula is C26H34N4O8. The molecule has 8 N–H and O–H groups in total. The van der Waals surface area contributed by atoms with Crippen LogP contribution in [-0.2, 0) is 20.8 Å². The Morgan fingerprint density at radius 3 is 2.37 bits per heavy atom. The van der Waals surface area contributed by atoms with Crippen molar-refractivity contribution in [3.05, 3.63) is 40.2 Å². The maximum absolute atomic E-state index is 13.9. The van der Waals surface area contributed by atoms with Gasteiger partial charge in [-0.25, -0.2) is 0 Å². The van der Waals surface area contributed by atoms with Gasteiger partial charge in [-0.3, -0.25) is 19.3 Å². The molecule has 0 aromatic heterocycles. The fraction of sp³-hybridized carbons (Fsp3) is 0.500. The van der Waals surface area contributed by atoms with Crippen molar-refractivity contribution < 1.29 is 39.9 Å². The SMILES string of the molecule is CC(CN(C)C)Nc1ccc(O)c2c1C[C@H]1C(=C2O)C(=O)[C@@]2(O)C(O)=C(C(N)=O)C(=O)[C@H](N(C)C)[C@H]2[C@@H]1O. The predicted molar refractivity (Wildman–Crippen MR) is 137 cm³/mol. The van der Waals surface area contributed by atoms with Gasteiger partial charge < -0.3 is 41.5 Å². The standard InChI is InChI=1S/C26H34N4O8/c1-10(9-29(2)3)28-13-6-7-14(31)15-11(13)8-12-16(21(15)33)23(35)26(38)18(20(12)32)19(30(4)5)22(34)17(24(26)36)25(27)37/h6-7,10,12,18-20,28,31-33,36,38H,8-9H2,1-5H3,(H2,27,37)/t10?,12-,18-,19+,20+,26+/m0/s1. The number of likely N-dealkylation sites (N-methyl/N-ethyl adjacent to an activating group) is 2. The van der Waals surface area contributed by atoms with Crippen molar-refractivity contribution in [3.63, 3.8) is 0 Å². The number of carbonyl (C=O) groups excluding carboxylic acids is 3. The molecule has 206 valence electrons. The van der Waals surface area contributed by atoms with Gasteiger partial charge in [0, 0.05) is 29.8 Å². The van der Waals surface area contributed by atoms with Crippen LogP contribution in [0.15, 0.2) is 29.0 Å². The van der Waals surface area contributed by atoms with Crippen molar-refractivity contribution in [3.8, 4) is 5.75 Å². The number of nitrogens with one attached hydrogen (secondary N) is 1. The van der Waals surface area contributed by atoms with Crippen LogP contribution in [0.4, 0.5) is 5.69 Å². The number of nitrogens with two attached hydrogens (primary N) is 1.